The smallest absolute Gasteiger partial charge is 0.285 e. The molecule has 0 saturated carbocycles. The van der Waals surface area contributed by atoms with E-state index < -0.39 is 33.7 Å². The number of benzene rings is 1. The van der Waals surface area contributed by atoms with E-state index >= 15 is 0 Å². The lowest BCUT2D eigenvalue weighted by Gasteiger charge is -2.06. The molecule has 2 aromatic rings. The fraction of sp³-hybridized carbons (Fsp3) is 0.167. The maximum Gasteiger partial charge on any atom is 0.285 e. The molecule has 0 radical (unpaired) electrons. The van der Waals surface area contributed by atoms with Crippen LogP contribution in [0.15, 0.2) is 24.7 Å². The Bertz CT molecular complexity index is 673. The Hall–Kier alpha value is -2.84. The third kappa shape index (κ3) is 3.38. The number of amides is 1. The van der Waals surface area contributed by atoms with Gasteiger partial charge in [-0.15, -0.1) is 0 Å². The van der Waals surface area contributed by atoms with E-state index in [9.17, 15) is 23.7 Å². The molecule has 0 aliphatic rings. The third-order valence-corrected chi connectivity index (χ3v) is 2.71. The standard InChI is InChI=1S/C12H10F2N4O3/c13-9-3-8(11(18(20)21)4-10(9)14)12(19)16-2-1-7-5-15-6-17-7/h3-6H,1-2H2,(H,15,17)(H,16,19). The van der Waals surface area contributed by atoms with Crippen molar-refractivity contribution in [3.63, 3.8) is 0 Å². The normalized spacial score (nSPS) is 10.4. The zero-order valence-electron chi connectivity index (χ0n) is 10.6. The molecule has 9 heteroatoms. The predicted octanol–water partition coefficient (Wildman–Crippen LogP) is 1.57. The van der Waals surface area contributed by atoms with E-state index in [-0.39, 0.29) is 6.54 Å². The Labute approximate surface area is 117 Å². The monoisotopic (exact) mass is 296 g/mol. The molecule has 1 amide bonds. The summed E-state index contributed by atoms with van der Waals surface area (Å²) in [5, 5.41) is 13.2. The number of halogens is 2. The van der Waals surface area contributed by atoms with Crippen LogP contribution in [0.5, 0.6) is 0 Å². The van der Waals surface area contributed by atoms with E-state index in [0.29, 0.717) is 18.6 Å². The number of hydrogen-bond donors (Lipinski definition) is 2. The van der Waals surface area contributed by atoms with Crippen molar-refractivity contribution in [2.45, 2.75) is 6.42 Å². The lowest BCUT2D eigenvalue weighted by Crippen LogP contribution is -2.26. The first-order valence-corrected chi connectivity index (χ1v) is 5.88. The molecule has 0 fully saturated rings. The van der Waals surface area contributed by atoms with Crippen LogP contribution in [0.2, 0.25) is 0 Å². The van der Waals surface area contributed by atoms with Crippen molar-refractivity contribution >= 4 is 11.6 Å². The zero-order valence-corrected chi connectivity index (χ0v) is 10.6. The lowest BCUT2D eigenvalue weighted by molar-refractivity contribution is -0.385. The van der Waals surface area contributed by atoms with Gasteiger partial charge >= 0.3 is 0 Å². The number of carbonyl (C=O) groups excluding carboxylic acids is 1. The largest absolute Gasteiger partial charge is 0.351 e. The molecule has 0 aliphatic carbocycles. The summed E-state index contributed by atoms with van der Waals surface area (Å²) in [7, 11) is 0. The van der Waals surface area contributed by atoms with Crippen molar-refractivity contribution in [3.8, 4) is 0 Å². The van der Waals surface area contributed by atoms with Crippen molar-refractivity contribution in [3.05, 3.63) is 57.7 Å². The summed E-state index contributed by atoms with van der Waals surface area (Å²) in [6, 6.07) is 0.901. The van der Waals surface area contributed by atoms with Crippen molar-refractivity contribution in [2.24, 2.45) is 0 Å². The van der Waals surface area contributed by atoms with E-state index in [4.69, 9.17) is 0 Å². The number of nitro benzene ring substituents is 1. The summed E-state index contributed by atoms with van der Waals surface area (Å²) in [6.07, 6.45) is 3.45. The molecule has 7 nitrogen and oxygen atoms in total. The number of nitrogens with zero attached hydrogens (tertiary/aromatic N) is 2. The summed E-state index contributed by atoms with van der Waals surface area (Å²) in [5.74, 6) is -3.55. The first-order chi connectivity index (χ1) is 9.99. The van der Waals surface area contributed by atoms with Crippen LogP contribution < -0.4 is 5.32 Å². The van der Waals surface area contributed by atoms with Crippen LogP contribution in [-0.2, 0) is 6.42 Å². The van der Waals surface area contributed by atoms with Gasteiger partial charge in [-0.3, -0.25) is 14.9 Å². The van der Waals surface area contributed by atoms with E-state index in [1.807, 2.05) is 0 Å². The van der Waals surface area contributed by atoms with Crippen molar-refractivity contribution in [1.82, 2.24) is 15.3 Å². The Morgan fingerprint density at radius 2 is 2.10 bits per heavy atom. The van der Waals surface area contributed by atoms with Gasteiger partial charge in [0.1, 0.15) is 5.56 Å². The second-order valence-electron chi connectivity index (χ2n) is 4.12. The highest BCUT2D eigenvalue weighted by Crippen LogP contribution is 2.22. The molecule has 2 N–H and O–H groups in total. The minimum absolute atomic E-state index is 0.164. The van der Waals surface area contributed by atoms with Crippen LogP contribution in [-0.4, -0.2) is 27.3 Å². The number of carbonyl (C=O) groups is 1. The SMILES string of the molecule is O=C(NCCc1cnc[nH]1)c1cc(F)c(F)cc1[N+](=O)[O-]. The minimum Gasteiger partial charge on any atom is -0.351 e. The summed E-state index contributed by atoms with van der Waals surface area (Å²) >= 11 is 0. The highest BCUT2D eigenvalue weighted by molar-refractivity contribution is 5.98. The molecule has 1 heterocycles. The third-order valence-electron chi connectivity index (χ3n) is 2.71. The molecule has 21 heavy (non-hydrogen) atoms. The second kappa shape index (κ2) is 6.07. The molecule has 0 saturated heterocycles. The summed E-state index contributed by atoms with van der Waals surface area (Å²) in [6.45, 7) is 0.164. The average Bonchev–Trinajstić information content (AvgIpc) is 2.94. The van der Waals surface area contributed by atoms with Gasteiger partial charge in [0.25, 0.3) is 11.6 Å². The topological polar surface area (TPSA) is 101 Å². The van der Waals surface area contributed by atoms with Gasteiger partial charge < -0.3 is 10.3 Å². The predicted molar refractivity (Wildman–Crippen MR) is 67.6 cm³/mol. The minimum atomic E-state index is -1.38. The fourth-order valence-electron chi connectivity index (χ4n) is 1.70. The van der Waals surface area contributed by atoms with Crippen LogP contribution >= 0.6 is 0 Å². The van der Waals surface area contributed by atoms with Crippen molar-refractivity contribution in [2.75, 3.05) is 6.54 Å². The molecule has 0 aliphatic heterocycles. The average molecular weight is 296 g/mol. The van der Waals surface area contributed by atoms with Gasteiger partial charge in [0.2, 0.25) is 0 Å². The molecule has 0 atom stereocenters. The molecule has 1 aromatic carbocycles. The van der Waals surface area contributed by atoms with Gasteiger partial charge in [-0.1, -0.05) is 0 Å². The van der Waals surface area contributed by atoms with Crippen molar-refractivity contribution < 1.29 is 18.5 Å². The van der Waals surface area contributed by atoms with Gasteiger partial charge in [0, 0.05) is 24.9 Å². The highest BCUT2D eigenvalue weighted by Gasteiger charge is 2.23. The zero-order chi connectivity index (χ0) is 15.4. The molecule has 1 aromatic heterocycles. The Morgan fingerprint density at radius 1 is 1.38 bits per heavy atom. The molecule has 110 valence electrons. The Morgan fingerprint density at radius 3 is 2.71 bits per heavy atom. The number of imidazole rings is 1. The summed E-state index contributed by atoms with van der Waals surface area (Å²) in [5.41, 5.74) is -0.550. The quantitative estimate of drug-likeness (QED) is 0.646. The van der Waals surface area contributed by atoms with Crippen LogP contribution in [0, 0.1) is 21.7 Å². The van der Waals surface area contributed by atoms with Gasteiger partial charge in [-0.25, -0.2) is 13.8 Å². The van der Waals surface area contributed by atoms with Crippen LogP contribution in [0.3, 0.4) is 0 Å². The number of rotatable bonds is 5. The molecule has 0 unspecified atom stereocenters. The Kier molecular flexibility index (Phi) is 4.21. The van der Waals surface area contributed by atoms with Crippen LogP contribution in [0.25, 0.3) is 0 Å². The second-order valence-corrected chi connectivity index (χ2v) is 4.12. The number of nitro groups is 1. The number of aromatic nitrogens is 2. The Balaban J connectivity index is 2.11. The summed E-state index contributed by atoms with van der Waals surface area (Å²) < 4.78 is 26.1. The molecule has 0 spiro atoms. The maximum absolute atomic E-state index is 13.1. The first kappa shape index (κ1) is 14.6. The van der Waals surface area contributed by atoms with Gasteiger partial charge in [-0.2, -0.15) is 0 Å². The van der Waals surface area contributed by atoms with Gasteiger partial charge in [-0.05, 0) is 6.07 Å². The van der Waals surface area contributed by atoms with E-state index in [1.165, 1.54) is 6.33 Å². The van der Waals surface area contributed by atoms with Crippen LogP contribution in [0.4, 0.5) is 14.5 Å². The lowest BCUT2D eigenvalue weighted by atomic mass is 10.1. The molecular weight excluding hydrogens is 286 g/mol. The maximum atomic E-state index is 13.1. The number of hydrogen-bond acceptors (Lipinski definition) is 4. The van der Waals surface area contributed by atoms with Gasteiger partial charge in [0.15, 0.2) is 11.6 Å². The number of nitrogens with one attached hydrogen (secondary N) is 2. The molecule has 2 rings (SSSR count). The van der Waals surface area contributed by atoms with E-state index in [1.54, 1.807) is 6.20 Å². The first-order valence-electron chi connectivity index (χ1n) is 5.88. The highest BCUT2D eigenvalue weighted by atomic mass is 19.2. The molecule has 0 bridgehead atoms. The van der Waals surface area contributed by atoms with Crippen LogP contribution in [0.1, 0.15) is 16.1 Å². The summed E-state index contributed by atoms with van der Waals surface area (Å²) in [4.78, 5) is 28.3. The number of aromatic amines is 1. The fourth-order valence-corrected chi connectivity index (χ4v) is 1.70. The number of H-pyrrole nitrogens is 1. The van der Waals surface area contributed by atoms with Gasteiger partial charge in [0.05, 0.1) is 17.3 Å². The molecular formula is C12H10F2N4O3. The van der Waals surface area contributed by atoms with E-state index in [2.05, 4.69) is 15.3 Å². The van der Waals surface area contributed by atoms with Crippen molar-refractivity contribution in [1.29, 1.82) is 0 Å². The van der Waals surface area contributed by atoms with E-state index in [0.717, 1.165) is 5.69 Å².